The standard InChI is InChI=1S/C18H14Cl2N6O6/c19-13-3-1-11(7-15(13)25(29)30)9-21-23-17(27)5-6-18(28)24-22-10-12-2-4-14(20)16(8-12)26(31)32/h1-4,7-10H,5-6H2,(H,23,27)(H,24,28)/b21-9-,22-10-. The molecule has 2 aromatic rings. The lowest BCUT2D eigenvalue weighted by atomic mass is 10.2. The Hall–Kier alpha value is -3.90. The van der Waals surface area contributed by atoms with Gasteiger partial charge in [0.15, 0.2) is 0 Å². The third-order valence-electron chi connectivity index (χ3n) is 3.72. The average molecular weight is 481 g/mol. The van der Waals surface area contributed by atoms with Gasteiger partial charge in [-0.3, -0.25) is 29.8 Å². The van der Waals surface area contributed by atoms with Crippen molar-refractivity contribution in [3.63, 3.8) is 0 Å². The molecule has 0 spiro atoms. The first-order valence-corrected chi connectivity index (χ1v) is 9.44. The zero-order chi connectivity index (χ0) is 23.7. The van der Waals surface area contributed by atoms with Gasteiger partial charge >= 0.3 is 0 Å². The summed E-state index contributed by atoms with van der Waals surface area (Å²) >= 11 is 11.4. The summed E-state index contributed by atoms with van der Waals surface area (Å²) in [7, 11) is 0. The van der Waals surface area contributed by atoms with Crippen LogP contribution in [0.25, 0.3) is 0 Å². The Morgan fingerprint density at radius 1 is 0.812 bits per heavy atom. The van der Waals surface area contributed by atoms with Crippen LogP contribution in [0.3, 0.4) is 0 Å². The molecule has 12 nitrogen and oxygen atoms in total. The van der Waals surface area contributed by atoms with Gasteiger partial charge in [0.1, 0.15) is 10.0 Å². The van der Waals surface area contributed by atoms with E-state index in [2.05, 4.69) is 21.1 Å². The molecular weight excluding hydrogens is 467 g/mol. The number of nitro groups is 2. The van der Waals surface area contributed by atoms with E-state index in [1.165, 1.54) is 48.8 Å². The van der Waals surface area contributed by atoms with Crippen molar-refractivity contribution < 1.29 is 19.4 Å². The van der Waals surface area contributed by atoms with Crippen LogP contribution in [0, 0.1) is 20.2 Å². The smallest absolute Gasteiger partial charge is 0.273 e. The number of hydrogen-bond donors (Lipinski definition) is 2. The zero-order valence-corrected chi connectivity index (χ0v) is 17.5. The molecule has 0 fully saturated rings. The zero-order valence-electron chi connectivity index (χ0n) is 16.0. The molecule has 2 rings (SSSR count). The van der Waals surface area contributed by atoms with E-state index in [0.29, 0.717) is 11.1 Å². The number of hydrazone groups is 2. The van der Waals surface area contributed by atoms with Gasteiger partial charge in [0.2, 0.25) is 11.8 Å². The molecule has 0 aromatic heterocycles. The highest BCUT2D eigenvalue weighted by atomic mass is 35.5. The third kappa shape index (κ3) is 7.41. The highest BCUT2D eigenvalue weighted by Crippen LogP contribution is 2.25. The first kappa shape index (κ1) is 24.4. The second-order valence-corrected chi connectivity index (χ2v) is 6.84. The number of benzene rings is 2. The minimum atomic E-state index is -0.645. The van der Waals surface area contributed by atoms with Gasteiger partial charge in [-0.05, 0) is 12.1 Å². The molecule has 166 valence electrons. The molecule has 0 aliphatic heterocycles. The molecule has 14 heteroatoms. The molecule has 0 heterocycles. The van der Waals surface area contributed by atoms with E-state index >= 15 is 0 Å². The number of rotatable bonds is 9. The van der Waals surface area contributed by atoms with E-state index in [4.69, 9.17) is 23.2 Å². The molecule has 0 aliphatic carbocycles. The minimum absolute atomic E-state index is 0.0286. The molecule has 0 unspecified atom stereocenters. The van der Waals surface area contributed by atoms with Crippen LogP contribution in [0.15, 0.2) is 46.6 Å². The van der Waals surface area contributed by atoms with E-state index in [1.807, 2.05) is 0 Å². The highest BCUT2D eigenvalue weighted by Gasteiger charge is 2.13. The van der Waals surface area contributed by atoms with Crippen molar-refractivity contribution >= 4 is 58.8 Å². The van der Waals surface area contributed by atoms with E-state index in [-0.39, 0.29) is 34.3 Å². The average Bonchev–Trinajstić information content (AvgIpc) is 2.74. The van der Waals surface area contributed by atoms with E-state index in [1.54, 1.807) is 0 Å². The fourth-order valence-corrected chi connectivity index (χ4v) is 2.57. The van der Waals surface area contributed by atoms with Crippen LogP contribution in [0.4, 0.5) is 11.4 Å². The molecule has 2 aromatic carbocycles. The van der Waals surface area contributed by atoms with Crippen LogP contribution in [0.1, 0.15) is 24.0 Å². The molecule has 0 bridgehead atoms. The number of carbonyl (C=O) groups excluding carboxylic acids is 2. The Labute approximate surface area is 190 Å². The Balaban J connectivity index is 1.79. The molecule has 32 heavy (non-hydrogen) atoms. The van der Waals surface area contributed by atoms with Crippen LogP contribution in [0.5, 0.6) is 0 Å². The minimum Gasteiger partial charge on any atom is -0.273 e. The number of halogens is 2. The first-order chi connectivity index (χ1) is 15.2. The van der Waals surface area contributed by atoms with Gasteiger partial charge in [-0.1, -0.05) is 35.3 Å². The number of carbonyl (C=O) groups is 2. The molecule has 2 amide bonds. The van der Waals surface area contributed by atoms with Crippen molar-refractivity contribution in [1.82, 2.24) is 10.9 Å². The van der Waals surface area contributed by atoms with Gasteiger partial charge in [0.05, 0.1) is 22.3 Å². The highest BCUT2D eigenvalue weighted by molar-refractivity contribution is 6.33. The van der Waals surface area contributed by atoms with Gasteiger partial charge in [0.25, 0.3) is 11.4 Å². The molecular formula is C18H14Cl2N6O6. The Kier molecular flexibility index (Phi) is 8.74. The monoisotopic (exact) mass is 480 g/mol. The van der Waals surface area contributed by atoms with Crippen LogP contribution >= 0.6 is 23.2 Å². The predicted molar refractivity (Wildman–Crippen MR) is 117 cm³/mol. The third-order valence-corrected chi connectivity index (χ3v) is 4.36. The Bertz CT molecular complexity index is 1030. The Morgan fingerprint density at radius 3 is 1.53 bits per heavy atom. The van der Waals surface area contributed by atoms with E-state index < -0.39 is 21.7 Å². The summed E-state index contributed by atoms with van der Waals surface area (Å²) in [5, 5.41) is 29.0. The predicted octanol–water partition coefficient (Wildman–Crippen LogP) is 3.19. The van der Waals surface area contributed by atoms with E-state index in [0.717, 1.165) is 0 Å². The van der Waals surface area contributed by atoms with Crippen LogP contribution < -0.4 is 10.9 Å². The Morgan fingerprint density at radius 2 is 1.19 bits per heavy atom. The second-order valence-electron chi connectivity index (χ2n) is 6.02. The van der Waals surface area contributed by atoms with Crippen molar-refractivity contribution in [2.24, 2.45) is 10.2 Å². The van der Waals surface area contributed by atoms with Gasteiger partial charge in [0, 0.05) is 36.1 Å². The molecule has 0 atom stereocenters. The molecule has 2 N–H and O–H groups in total. The molecule has 0 saturated carbocycles. The van der Waals surface area contributed by atoms with Crippen molar-refractivity contribution in [2.75, 3.05) is 0 Å². The molecule has 0 aliphatic rings. The molecule has 0 radical (unpaired) electrons. The quantitative estimate of drug-likeness (QED) is 0.317. The van der Waals surface area contributed by atoms with Gasteiger partial charge in [-0.25, -0.2) is 10.9 Å². The molecule has 0 saturated heterocycles. The second kappa shape index (κ2) is 11.5. The summed E-state index contributed by atoms with van der Waals surface area (Å²) in [6.07, 6.45) is 1.98. The summed E-state index contributed by atoms with van der Waals surface area (Å²) in [5.41, 5.74) is 4.46. The van der Waals surface area contributed by atoms with Crippen molar-refractivity contribution in [3.8, 4) is 0 Å². The summed E-state index contributed by atoms with van der Waals surface area (Å²) in [6, 6.07) is 8.00. The van der Waals surface area contributed by atoms with Crippen LogP contribution in [0.2, 0.25) is 10.0 Å². The topological polar surface area (TPSA) is 169 Å². The van der Waals surface area contributed by atoms with Crippen molar-refractivity contribution in [2.45, 2.75) is 12.8 Å². The van der Waals surface area contributed by atoms with Crippen LogP contribution in [-0.2, 0) is 9.59 Å². The normalized spacial score (nSPS) is 10.9. The van der Waals surface area contributed by atoms with Crippen molar-refractivity contribution in [3.05, 3.63) is 77.8 Å². The number of amides is 2. The maximum absolute atomic E-state index is 11.7. The summed E-state index contributed by atoms with van der Waals surface area (Å²) in [5.74, 6) is -1.14. The summed E-state index contributed by atoms with van der Waals surface area (Å²) in [4.78, 5) is 43.9. The first-order valence-electron chi connectivity index (χ1n) is 8.69. The lowest BCUT2D eigenvalue weighted by Gasteiger charge is -2.01. The number of hydrogen-bond acceptors (Lipinski definition) is 8. The fraction of sp³-hybridized carbons (Fsp3) is 0.111. The van der Waals surface area contributed by atoms with Crippen molar-refractivity contribution in [1.29, 1.82) is 0 Å². The van der Waals surface area contributed by atoms with Gasteiger partial charge in [-0.2, -0.15) is 10.2 Å². The fourth-order valence-electron chi connectivity index (χ4n) is 2.20. The number of nitrogens with zero attached hydrogens (tertiary/aromatic N) is 4. The maximum Gasteiger partial charge on any atom is 0.288 e. The van der Waals surface area contributed by atoms with Gasteiger partial charge < -0.3 is 0 Å². The van der Waals surface area contributed by atoms with E-state index in [9.17, 15) is 29.8 Å². The lowest BCUT2D eigenvalue weighted by Crippen LogP contribution is -2.22. The number of nitro benzene ring substituents is 2. The SMILES string of the molecule is O=C(CCC(=O)N/N=C\c1ccc(Cl)c([N+](=O)[O-])c1)N/N=C\c1ccc(Cl)c([N+](=O)[O-])c1. The largest absolute Gasteiger partial charge is 0.288 e. The van der Waals surface area contributed by atoms with Gasteiger partial charge in [-0.15, -0.1) is 0 Å². The van der Waals surface area contributed by atoms with Crippen LogP contribution in [-0.4, -0.2) is 34.1 Å². The number of nitrogens with one attached hydrogen (secondary N) is 2. The summed E-state index contributed by atoms with van der Waals surface area (Å²) in [6.45, 7) is 0. The summed E-state index contributed by atoms with van der Waals surface area (Å²) < 4.78 is 0. The lowest BCUT2D eigenvalue weighted by molar-refractivity contribution is -0.384. The maximum atomic E-state index is 11.7.